The van der Waals surface area contributed by atoms with Crippen molar-refractivity contribution in [3.8, 4) is 34.1 Å². The number of hydrogen-bond acceptors (Lipinski definition) is 4. The molecule has 0 radical (unpaired) electrons. The van der Waals surface area contributed by atoms with Gasteiger partial charge in [0.25, 0.3) is 0 Å². The lowest BCUT2D eigenvalue weighted by Gasteiger charge is -2.16. The SMILES string of the molecule is COc1ccc(-c2c(OC)ccc(OC)c2OC)cc1. The third kappa shape index (κ3) is 2.50. The Morgan fingerprint density at radius 3 is 1.70 bits per heavy atom. The summed E-state index contributed by atoms with van der Waals surface area (Å²) in [5.74, 6) is 2.85. The van der Waals surface area contributed by atoms with Crippen molar-refractivity contribution in [2.24, 2.45) is 0 Å². The first-order valence-corrected chi connectivity index (χ1v) is 6.18. The lowest BCUT2D eigenvalue weighted by molar-refractivity contribution is 0.351. The Kier molecular flexibility index (Phi) is 4.35. The van der Waals surface area contributed by atoms with Crippen LogP contribution in [0.5, 0.6) is 23.0 Å². The highest BCUT2D eigenvalue weighted by atomic mass is 16.5. The van der Waals surface area contributed by atoms with E-state index in [4.69, 9.17) is 18.9 Å². The fourth-order valence-corrected chi connectivity index (χ4v) is 2.11. The molecule has 4 nitrogen and oxygen atoms in total. The molecule has 0 fully saturated rings. The lowest BCUT2D eigenvalue weighted by Crippen LogP contribution is -1.96. The summed E-state index contributed by atoms with van der Waals surface area (Å²) >= 11 is 0. The van der Waals surface area contributed by atoms with Gasteiger partial charge in [0.05, 0.1) is 34.0 Å². The molecule has 0 saturated heterocycles. The predicted molar refractivity (Wildman–Crippen MR) is 78.1 cm³/mol. The van der Waals surface area contributed by atoms with E-state index in [1.165, 1.54) is 0 Å². The highest BCUT2D eigenvalue weighted by Crippen LogP contribution is 2.44. The molecular weight excluding hydrogens is 256 g/mol. The molecule has 0 amide bonds. The molecule has 0 saturated carbocycles. The smallest absolute Gasteiger partial charge is 0.172 e. The summed E-state index contributed by atoms with van der Waals surface area (Å²) in [4.78, 5) is 0. The molecule has 0 aliphatic carbocycles. The maximum Gasteiger partial charge on any atom is 0.172 e. The van der Waals surface area contributed by atoms with E-state index in [1.54, 1.807) is 28.4 Å². The maximum atomic E-state index is 5.48. The summed E-state index contributed by atoms with van der Waals surface area (Å²) in [6.45, 7) is 0. The van der Waals surface area contributed by atoms with Crippen LogP contribution in [-0.4, -0.2) is 28.4 Å². The van der Waals surface area contributed by atoms with Crippen molar-refractivity contribution in [1.82, 2.24) is 0 Å². The van der Waals surface area contributed by atoms with Gasteiger partial charge in [-0.2, -0.15) is 0 Å². The average Bonchev–Trinajstić information content (AvgIpc) is 2.53. The van der Waals surface area contributed by atoms with Crippen molar-refractivity contribution in [3.05, 3.63) is 36.4 Å². The van der Waals surface area contributed by atoms with Crippen molar-refractivity contribution >= 4 is 0 Å². The molecule has 0 atom stereocenters. The first-order chi connectivity index (χ1) is 9.74. The van der Waals surface area contributed by atoms with Gasteiger partial charge >= 0.3 is 0 Å². The van der Waals surface area contributed by atoms with E-state index < -0.39 is 0 Å². The van der Waals surface area contributed by atoms with E-state index in [-0.39, 0.29) is 0 Å². The van der Waals surface area contributed by atoms with E-state index >= 15 is 0 Å². The van der Waals surface area contributed by atoms with Gasteiger partial charge in [0.15, 0.2) is 11.5 Å². The molecule has 2 rings (SSSR count). The van der Waals surface area contributed by atoms with E-state index in [0.29, 0.717) is 11.5 Å². The molecule has 4 heteroatoms. The molecule has 2 aromatic carbocycles. The Morgan fingerprint density at radius 2 is 1.20 bits per heavy atom. The van der Waals surface area contributed by atoms with E-state index in [1.807, 2.05) is 36.4 Å². The second-order valence-electron chi connectivity index (χ2n) is 4.11. The number of methoxy groups -OCH3 is 4. The molecular formula is C16H18O4. The summed E-state index contributed by atoms with van der Waals surface area (Å²) in [6.07, 6.45) is 0. The molecule has 20 heavy (non-hydrogen) atoms. The van der Waals surface area contributed by atoms with E-state index in [2.05, 4.69) is 0 Å². The Balaban J connectivity index is 2.62. The molecule has 0 aliphatic rings. The fraction of sp³-hybridized carbons (Fsp3) is 0.250. The zero-order valence-corrected chi connectivity index (χ0v) is 12.1. The van der Waals surface area contributed by atoms with Crippen LogP contribution in [0, 0.1) is 0 Å². The quantitative estimate of drug-likeness (QED) is 0.837. The number of rotatable bonds is 5. The Morgan fingerprint density at radius 1 is 0.600 bits per heavy atom. The minimum Gasteiger partial charge on any atom is -0.497 e. The zero-order chi connectivity index (χ0) is 14.5. The summed E-state index contributed by atoms with van der Waals surface area (Å²) in [6, 6.07) is 11.4. The number of ether oxygens (including phenoxy) is 4. The lowest BCUT2D eigenvalue weighted by atomic mass is 10.0. The molecule has 0 unspecified atom stereocenters. The van der Waals surface area contributed by atoms with Crippen LogP contribution in [0.2, 0.25) is 0 Å². The highest BCUT2D eigenvalue weighted by molar-refractivity contribution is 5.80. The second-order valence-corrected chi connectivity index (χ2v) is 4.11. The normalized spacial score (nSPS) is 10.0. The van der Waals surface area contributed by atoms with Crippen LogP contribution in [0.25, 0.3) is 11.1 Å². The van der Waals surface area contributed by atoms with Crippen LogP contribution in [-0.2, 0) is 0 Å². The van der Waals surface area contributed by atoms with Crippen LogP contribution in [0.3, 0.4) is 0 Å². The van der Waals surface area contributed by atoms with Gasteiger partial charge in [-0.05, 0) is 29.8 Å². The summed E-state index contributed by atoms with van der Waals surface area (Å²) < 4.78 is 21.4. The molecule has 0 aromatic heterocycles. The summed E-state index contributed by atoms with van der Waals surface area (Å²) in [5, 5.41) is 0. The monoisotopic (exact) mass is 274 g/mol. The third-order valence-electron chi connectivity index (χ3n) is 3.11. The van der Waals surface area contributed by atoms with Gasteiger partial charge in [-0.15, -0.1) is 0 Å². The van der Waals surface area contributed by atoms with Crippen LogP contribution in [0.1, 0.15) is 0 Å². The van der Waals surface area contributed by atoms with Crippen molar-refractivity contribution in [3.63, 3.8) is 0 Å². The fourth-order valence-electron chi connectivity index (χ4n) is 2.11. The Bertz CT molecular complexity index is 576. The average molecular weight is 274 g/mol. The Hall–Kier alpha value is -2.36. The Labute approximate surface area is 118 Å². The van der Waals surface area contributed by atoms with Crippen molar-refractivity contribution in [2.75, 3.05) is 28.4 Å². The molecule has 0 bridgehead atoms. The van der Waals surface area contributed by atoms with Gasteiger partial charge in [-0.3, -0.25) is 0 Å². The third-order valence-corrected chi connectivity index (χ3v) is 3.11. The van der Waals surface area contributed by atoms with E-state index in [0.717, 1.165) is 22.6 Å². The van der Waals surface area contributed by atoms with Gasteiger partial charge in [0.2, 0.25) is 0 Å². The van der Waals surface area contributed by atoms with Crippen LogP contribution < -0.4 is 18.9 Å². The van der Waals surface area contributed by atoms with Gasteiger partial charge in [-0.25, -0.2) is 0 Å². The van der Waals surface area contributed by atoms with Gasteiger partial charge < -0.3 is 18.9 Å². The molecule has 0 spiro atoms. The van der Waals surface area contributed by atoms with Crippen LogP contribution >= 0.6 is 0 Å². The van der Waals surface area contributed by atoms with E-state index in [9.17, 15) is 0 Å². The summed E-state index contributed by atoms with van der Waals surface area (Å²) in [7, 11) is 6.50. The minimum absolute atomic E-state index is 0.650. The minimum atomic E-state index is 0.650. The van der Waals surface area contributed by atoms with Crippen molar-refractivity contribution in [2.45, 2.75) is 0 Å². The number of benzene rings is 2. The first-order valence-electron chi connectivity index (χ1n) is 6.18. The molecule has 2 aromatic rings. The maximum absolute atomic E-state index is 5.48. The van der Waals surface area contributed by atoms with Crippen molar-refractivity contribution in [1.29, 1.82) is 0 Å². The van der Waals surface area contributed by atoms with Crippen molar-refractivity contribution < 1.29 is 18.9 Å². The molecule has 0 N–H and O–H groups in total. The van der Waals surface area contributed by atoms with Gasteiger partial charge in [0, 0.05) is 0 Å². The second kappa shape index (κ2) is 6.19. The predicted octanol–water partition coefficient (Wildman–Crippen LogP) is 3.39. The zero-order valence-electron chi connectivity index (χ0n) is 12.1. The van der Waals surface area contributed by atoms with Crippen LogP contribution in [0.4, 0.5) is 0 Å². The first kappa shape index (κ1) is 14.1. The molecule has 0 aliphatic heterocycles. The highest BCUT2D eigenvalue weighted by Gasteiger charge is 2.17. The standard InChI is InChI=1S/C16H18O4/c1-17-12-7-5-11(6-8-12)15-13(18-2)9-10-14(19-3)16(15)20-4/h5-10H,1-4H3. The molecule has 106 valence electrons. The van der Waals surface area contributed by atoms with Gasteiger partial charge in [0.1, 0.15) is 11.5 Å². The topological polar surface area (TPSA) is 36.9 Å². The molecule has 0 heterocycles. The number of hydrogen-bond donors (Lipinski definition) is 0. The van der Waals surface area contributed by atoms with Gasteiger partial charge in [-0.1, -0.05) is 12.1 Å². The summed E-state index contributed by atoms with van der Waals surface area (Å²) in [5.41, 5.74) is 1.83. The van der Waals surface area contributed by atoms with Crippen LogP contribution in [0.15, 0.2) is 36.4 Å². The largest absolute Gasteiger partial charge is 0.497 e.